The van der Waals surface area contributed by atoms with Crippen LogP contribution in [0.4, 0.5) is 0 Å². The Labute approximate surface area is 164 Å². The lowest BCUT2D eigenvalue weighted by molar-refractivity contribution is -0.204. The van der Waals surface area contributed by atoms with Gasteiger partial charge in [-0.15, -0.1) is 0 Å². The Balaban J connectivity index is 1.44. The van der Waals surface area contributed by atoms with Crippen molar-refractivity contribution in [3.8, 4) is 5.75 Å². The Kier molecular flexibility index (Phi) is 4.43. The molecule has 0 amide bonds. The summed E-state index contributed by atoms with van der Waals surface area (Å²) in [5.74, 6) is 0.988. The predicted octanol–water partition coefficient (Wildman–Crippen LogP) is 3.16. The highest BCUT2D eigenvalue weighted by Gasteiger charge is 2.57. The summed E-state index contributed by atoms with van der Waals surface area (Å²) in [5, 5.41) is 9.45. The van der Waals surface area contributed by atoms with Crippen LogP contribution < -0.4 is 0 Å². The molecule has 0 unspecified atom stereocenters. The van der Waals surface area contributed by atoms with Crippen molar-refractivity contribution >= 4 is 12.0 Å². The zero-order valence-electron chi connectivity index (χ0n) is 16.1. The molecule has 0 aromatic carbocycles. The summed E-state index contributed by atoms with van der Waals surface area (Å²) in [6, 6.07) is 3.45. The minimum atomic E-state index is -0.436. The minimum absolute atomic E-state index is 0.0461. The number of ether oxygens (including phenoxy) is 3. The SMILES string of the molecule is C[C@H]1OC(=O)[C@@H]2C[C@@H]3CC4(CC[C@H]3[C@H](/C=C/c3ccc(O)cn3)[C@H]12)OCCO4. The van der Waals surface area contributed by atoms with Crippen molar-refractivity contribution < 1.29 is 24.1 Å². The molecule has 6 heteroatoms. The summed E-state index contributed by atoms with van der Waals surface area (Å²) in [5.41, 5.74) is 0.809. The van der Waals surface area contributed by atoms with E-state index < -0.39 is 5.79 Å². The van der Waals surface area contributed by atoms with Crippen molar-refractivity contribution in [2.24, 2.45) is 29.6 Å². The molecule has 1 spiro atoms. The first-order valence-electron chi connectivity index (χ1n) is 10.4. The molecule has 5 rings (SSSR count). The molecule has 6 nitrogen and oxygen atoms in total. The van der Waals surface area contributed by atoms with E-state index in [2.05, 4.69) is 11.1 Å². The van der Waals surface area contributed by atoms with E-state index in [0.29, 0.717) is 25.0 Å². The molecule has 1 aromatic rings. The molecule has 150 valence electrons. The normalized spacial score (nSPS) is 39.1. The van der Waals surface area contributed by atoms with Crippen molar-refractivity contribution in [2.75, 3.05) is 13.2 Å². The molecular formula is C22H27NO5. The van der Waals surface area contributed by atoms with Crippen LogP contribution in [0.5, 0.6) is 5.75 Å². The van der Waals surface area contributed by atoms with E-state index in [1.54, 1.807) is 12.1 Å². The van der Waals surface area contributed by atoms with Crippen LogP contribution in [0.2, 0.25) is 0 Å². The van der Waals surface area contributed by atoms with Crippen LogP contribution in [0.25, 0.3) is 6.08 Å². The fraction of sp³-hybridized carbons (Fsp3) is 0.636. The number of carbonyl (C=O) groups excluding carboxylic acids is 1. The molecule has 0 radical (unpaired) electrons. The van der Waals surface area contributed by atoms with E-state index in [-0.39, 0.29) is 35.6 Å². The van der Waals surface area contributed by atoms with Crippen LogP contribution in [0.1, 0.15) is 38.3 Å². The van der Waals surface area contributed by atoms with Gasteiger partial charge in [-0.2, -0.15) is 0 Å². The van der Waals surface area contributed by atoms with Crippen LogP contribution >= 0.6 is 0 Å². The highest BCUT2D eigenvalue weighted by atomic mass is 16.7. The van der Waals surface area contributed by atoms with Gasteiger partial charge in [0.05, 0.1) is 31.0 Å². The van der Waals surface area contributed by atoms with Crippen molar-refractivity contribution in [3.63, 3.8) is 0 Å². The molecule has 3 heterocycles. The molecule has 2 aliphatic carbocycles. The summed E-state index contributed by atoms with van der Waals surface area (Å²) in [4.78, 5) is 16.8. The second-order valence-electron chi connectivity index (χ2n) is 8.71. The van der Waals surface area contributed by atoms with Gasteiger partial charge in [0.2, 0.25) is 0 Å². The summed E-state index contributed by atoms with van der Waals surface area (Å²) in [6.45, 7) is 3.35. The van der Waals surface area contributed by atoms with Gasteiger partial charge < -0.3 is 19.3 Å². The maximum atomic E-state index is 12.5. The van der Waals surface area contributed by atoms with E-state index in [1.165, 1.54) is 6.20 Å². The molecule has 4 aliphatic rings. The lowest BCUT2D eigenvalue weighted by Crippen LogP contribution is -2.49. The zero-order valence-corrected chi connectivity index (χ0v) is 16.1. The lowest BCUT2D eigenvalue weighted by atomic mass is 9.56. The monoisotopic (exact) mass is 385 g/mol. The third kappa shape index (κ3) is 3.03. The number of carbonyl (C=O) groups is 1. The van der Waals surface area contributed by atoms with Gasteiger partial charge in [0.25, 0.3) is 0 Å². The number of cyclic esters (lactones) is 1. The average Bonchev–Trinajstić information content (AvgIpc) is 3.24. The molecule has 6 atom stereocenters. The molecule has 4 fully saturated rings. The highest BCUT2D eigenvalue weighted by Crippen LogP contribution is 2.56. The topological polar surface area (TPSA) is 77.9 Å². The Bertz CT molecular complexity index is 770. The lowest BCUT2D eigenvalue weighted by Gasteiger charge is -2.49. The summed E-state index contributed by atoms with van der Waals surface area (Å²) < 4.78 is 17.6. The number of hydrogen-bond donors (Lipinski definition) is 1. The number of fused-ring (bicyclic) bond motifs is 2. The van der Waals surface area contributed by atoms with E-state index in [4.69, 9.17) is 14.2 Å². The van der Waals surface area contributed by atoms with Crippen LogP contribution in [0.3, 0.4) is 0 Å². The van der Waals surface area contributed by atoms with Crippen molar-refractivity contribution in [3.05, 3.63) is 30.1 Å². The van der Waals surface area contributed by atoms with Crippen molar-refractivity contribution in [1.29, 1.82) is 0 Å². The van der Waals surface area contributed by atoms with Gasteiger partial charge in [-0.25, -0.2) is 0 Å². The van der Waals surface area contributed by atoms with Gasteiger partial charge in [-0.05, 0) is 55.7 Å². The Morgan fingerprint density at radius 3 is 2.86 bits per heavy atom. The molecule has 2 saturated heterocycles. The van der Waals surface area contributed by atoms with Crippen LogP contribution in [0.15, 0.2) is 24.4 Å². The predicted molar refractivity (Wildman–Crippen MR) is 101 cm³/mol. The van der Waals surface area contributed by atoms with E-state index in [9.17, 15) is 9.90 Å². The number of esters is 1. The van der Waals surface area contributed by atoms with Gasteiger partial charge in [-0.3, -0.25) is 9.78 Å². The number of rotatable bonds is 2. The first kappa shape index (κ1) is 18.1. The standard InChI is InChI=1S/C22H27NO5/c1-13-20-18(5-3-15-2-4-16(24)12-23-15)17-6-7-22(26-8-9-27-22)11-14(17)10-19(20)21(25)28-13/h2-5,12-14,17-20,24H,6-11H2,1H3/b5-3+/t13-,14-,17-,18+,19-,20+/m1/s1. The Hall–Kier alpha value is -1.92. The molecule has 2 aliphatic heterocycles. The highest BCUT2D eigenvalue weighted by molar-refractivity contribution is 5.75. The molecule has 0 bridgehead atoms. The molecule has 1 N–H and O–H groups in total. The molecule has 1 aromatic heterocycles. The number of pyridine rings is 1. The maximum Gasteiger partial charge on any atom is 0.309 e. The smallest absolute Gasteiger partial charge is 0.309 e. The molecule has 28 heavy (non-hydrogen) atoms. The largest absolute Gasteiger partial charge is 0.506 e. The first-order valence-corrected chi connectivity index (χ1v) is 10.4. The fourth-order valence-corrected chi connectivity index (χ4v) is 6.06. The summed E-state index contributed by atoms with van der Waals surface area (Å²) in [7, 11) is 0. The van der Waals surface area contributed by atoms with Gasteiger partial charge in [-0.1, -0.05) is 6.08 Å². The summed E-state index contributed by atoms with van der Waals surface area (Å²) in [6.07, 6.45) is 9.32. The number of aromatic hydroxyl groups is 1. The maximum absolute atomic E-state index is 12.5. The number of hydrogen-bond acceptors (Lipinski definition) is 6. The van der Waals surface area contributed by atoms with Gasteiger partial charge in [0.1, 0.15) is 11.9 Å². The third-order valence-electron chi connectivity index (χ3n) is 7.22. The van der Waals surface area contributed by atoms with E-state index >= 15 is 0 Å². The fourth-order valence-electron chi connectivity index (χ4n) is 6.06. The van der Waals surface area contributed by atoms with Gasteiger partial charge >= 0.3 is 5.97 Å². The van der Waals surface area contributed by atoms with E-state index in [0.717, 1.165) is 31.4 Å². The molecule has 2 saturated carbocycles. The third-order valence-corrected chi connectivity index (χ3v) is 7.22. The number of aromatic nitrogens is 1. The van der Waals surface area contributed by atoms with Gasteiger partial charge in [0, 0.05) is 18.8 Å². The first-order chi connectivity index (χ1) is 13.5. The van der Waals surface area contributed by atoms with E-state index in [1.807, 2.05) is 13.0 Å². The van der Waals surface area contributed by atoms with Crippen molar-refractivity contribution in [2.45, 2.75) is 44.5 Å². The Morgan fingerprint density at radius 1 is 1.29 bits per heavy atom. The van der Waals surface area contributed by atoms with Crippen LogP contribution in [-0.4, -0.2) is 41.2 Å². The van der Waals surface area contributed by atoms with Crippen LogP contribution in [0, 0.1) is 29.6 Å². The second-order valence-corrected chi connectivity index (χ2v) is 8.71. The Morgan fingerprint density at radius 2 is 2.11 bits per heavy atom. The quantitative estimate of drug-likeness (QED) is 0.788. The average molecular weight is 385 g/mol. The molecular weight excluding hydrogens is 358 g/mol. The minimum Gasteiger partial charge on any atom is -0.506 e. The zero-order chi connectivity index (χ0) is 19.3. The van der Waals surface area contributed by atoms with Crippen LogP contribution in [-0.2, 0) is 19.0 Å². The second kappa shape index (κ2) is 6.85. The van der Waals surface area contributed by atoms with Crippen molar-refractivity contribution in [1.82, 2.24) is 4.98 Å². The van der Waals surface area contributed by atoms with Gasteiger partial charge in [0.15, 0.2) is 5.79 Å². The summed E-state index contributed by atoms with van der Waals surface area (Å²) >= 11 is 0. The number of nitrogens with zero attached hydrogens (tertiary/aromatic N) is 1. The number of allylic oxidation sites excluding steroid dienone is 1.